The van der Waals surface area contributed by atoms with E-state index in [1.165, 1.54) is 59.2 Å². The lowest BCUT2D eigenvalue weighted by Crippen LogP contribution is -2.37. The van der Waals surface area contributed by atoms with Crippen LogP contribution in [0.5, 0.6) is 0 Å². The third-order valence-electron chi connectivity index (χ3n) is 6.42. The predicted octanol–water partition coefficient (Wildman–Crippen LogP) is 4.62. The zero-order valence-electron chi connectivity index (χ0n) is 16.7. The number of ether oxygens (including phenoxy) is 1. The highest BCUT2D eigenvalue weighted by Crippen LogP contribution is 2.44. The van der Waals surface area contributed by atoms with Gasteiger partial charge in [0.15, 0.2) is 0 Å². The molecule has 0 bridgehead atoms. The van der Waals surface area contributed by atoms with E-state index in [-0.39, 0.29) is 11.9 Å². The molecule has 2 aromatic rings. The number of piperidine rings is 1. The van der Waals surface area contributed by atoms with Crippen LogP contribution in [-0.2, 0) is 22.4 Å². The Morgan fingerprint density at radius 3 is 2.64 bits per heavy atom. The van der Waals surface area contributed by atoms with Crippen LogP contribution in [0.15, 0.2) is 0 Å². The normalized spacial score (nSPS) is 20.8. The number of hydrogen-bond donors (Lipinski definition) is 0. The Bertz CT molecular complexity index is 882. The van der Waals surface area contributed by atoms with Crippen LogP contribution < -0.4 is 4.90 Å². The van der Waals surface area contributed by atoms with Crippen LogP contribution in [0, 0.1) is 5.92 Å². The molecular formula is C22H29N3O2S. The molecule has 0 spiro atoms. The number of aryl methyl sites for hydroxylation is 2. The van der Waals surface area contributed by atoms with Crippen molar-refractivity contribution in [2.75, 3.05) is 24.6 Å². The quantitative estimate of drug-likeness (QED) is 0.555. The van der Waals surface area contributed by atoms with Crippen LogP contribution in [-0.4, -0.2) is 35.6 Å². The molecule has 0 amide bonds. The first-order valence-electron chi connectivity index (χ1n) is 11.0. The number of carbonyl (C=O) groups is 1. The number of anilines is 1. The van der Waals surface area contributed by atoms with Crippen LogP contribution in [0.1, 0.15) is 74.1 Å². The van der Waals surface area contributed by atoms with Gasteiger partial charge in [-0.15, -0.1) is 11.3 Å². The monoisotopic (exact) mass is 399 g/mol. The van der Waals surface area contributed by atoms with E-state index in [1.54, 1.807) is 0 Å². The lowest BCUT2D eigenvalue weighted by atomic mass is 9.96. The third kappa shape index (κ3) is 3.40. The average molecular weight is 400 g/mol. The average Bonchev–Trinajstić information content (AvgIpc) is 3.53. The summed E-state index contributed by atoms with van der Waals surface area (Å²) in [7, 11) is 0. The second-order valence-corrected chi connectivity index (χ2v) is 9.52. The first-order valence-corrected chi connectivity index (χ1v) is 11.8. The van der Waals surface area contributed by atoms with Gasteiger partial charge in [0.25, 0.3) is 0 Å². The van der Waals surface area contributed by atoms with E-state index >= 15 is 0 Å². The van der Waals surface area contributed by atoms with Gasteiger partial charge in [-0.05, 0) is 63.9 Å². The van der Waals surface area contributed by atoms with Crippen LogP contribution >= 0.6 is 11.3 Å². The second-order valence-electron chi connectivity index (χ2n) is 8.44. The van der Waals surface area contributed by atoms with Crippen molar-refractivity contribution in [1.82, 2.24) is 9.97 Å². The van der Waals surface area contributed by atoms with Crippen molar-refractivity contribution < 1.29 is 9.53 Å². The Balaban J connectivity index is 1.49. The fraction of sp³-hybridized carbons (Fsp3) is 0.682. The molecular weight excluding hydrogens is 370 g/mol. The van der Waals surface area contributed by atoms with Crippen LogP contribution in [0.2, 0.25) is 0 Å². The highest BCUT2D eigenvalue weighted by atomic mass is 32.1. The zero-order valence-corrected chi connectivity index (χ0v) is 17.5. The maximum atomic E-state index is 12.1. The molecule has 2 fully saturated rings. The van der Waals surface area contributed by atoms with E-state index in [2.05, 4.69) is 4.90 Å². The van der Waals surface area contributed by atoms with Crippen molar-refractivity contribution in [3.63, 3.8) is 0 Å². The molecule has 2 aromatic heterocycles. The minimum Gasteiger partial charge on any atom is -0.466 e. The fourth-order valence-electron chi connectivity index (χ4n) is 4.67. The van der Waals surface area contributed by atoms with Gasteiger partial charge in [0, 0.05) is 23.9 Å². The molecule has 5 nitrogen and oxygen atoms in total. The van der Waals surface area contributed by atoms with Gasteiger partial charge in [-0.1, -0.05) is 6.42 Å². The Hall–Kier alpha value is -1.69. The van der Waals surface area contributed by atoms with Crippen molar-refractivity contribution in [1.29, 1.82) is 0 Å². The first kappa shape index (κ1) is 18.3. The largest absolute Gasteiger partial charge is 0.466 e. The molecule has 0 N–H and O–H groups in total. The summed E-state index contributed by atoms with van der Waals surface area (Å²) >= 11 is 1.91. The summed E-state index contributed by atoms with van der Waals surface area (Å²) in [5, 5.41) is 1.32. The minimum atomic E-state index is -0.0296. The molecule has 3 heterocycles. The summed E-state index contributed by atoms with van der Waals surface area (Å²) in [6.07, 6.45) is 10.4. The third-order valence-corrected chi connectivity index (χ3v) is 7.61. The molecule has 2 aliphatic carbocycles. The summed E-state index contributed by atoms with van der Waals surface area (Å²) in [6.45, 7) is 4.11. The van der Waals surface area contributed by atoms with Crippen molar-refractivity contribution in [3.05, 3.63) is 16.3 Å². The lowest BCUT2D eigenvalue weighted by molar-refractivity contribution is -0.148. The van der Waals surface area contributed by atoms with Crippen LogP contribution in [0.25, 0.3) is 10.2 Å². The SMILES string of the molecule is CCOC(=O)C1CCN(c2nc(C3CC3)nc3sc4c(c23)CCCCC4)CC1. The maximum Gasteiger partial charge on any atom is 0.309 e. The van der Waals surface area contributed by atoms with E-state index in [9.17, 15) is 4.79 Å². The van der Waals surface area contributed by atoms with Crippen LogP contribution in [0.4, 0.5) is 5.82 Å². The number of hydrogen-bond acceptors (Lipinski definition) is 6. The molecule has 0 aromatic carbocycles. The summed E-state index contributed by atoms with van der Waals surface area (Å²) in [5.74, 6) is 2.76. The highest BCUT2D eigenvalue weighted by Gasteiger charge is 2.32. The van der Waals surface area contributed by atoms with Gasteiger partial charge in [-0.3, -0.25) is 4.79 Å². The molecule has 5 rings (SSSR count). The van der Waals surface area contributed by atoms with Gasteiger partial charge in [-0.25, -0.2) is 9.97 Å². The van der Waals surface area contributed by atoms with Crippen molar-refractivity contribution in [2.24, 2.45) is 5.92 Å². The van der Waals surface area contributed by atoms with Gasteiger partial charge in [0.05, 0.1) is 17.9 Å². The van der Waals surface area contributed by atoms with E-state index in [1.807, 2.05) is 18.3 Å². The number of thiophene rings is 1. The summed E-state index contributed by atoms with van der Waals surface area (Å²) in [5.41, 5.74) is 1.52. The molecule has 0 radical (unpaired) electrons. The number of rotatable bonds is 4. The van der Waals surface area contributed by atoms with Crippen molar-refractivity contribution >= 4 is 33.3 Å². The molecule has 1 saturated carbocycles. The van der Waals surface area contributed by atoms with Crippen LogP contribution in [0.3, 0.4) is 0 Å². The number of fused-ring (bicyclic) bond motifs is 3. The van der Waals surface area contributed by atoms with Gasteiger partial charge in [-0.2, -0.15) is 0 Å². The van der Waals surface area contributed by atoms with E-state index in [0.717, 1.165) is 44.0 Å². The first-order chi connectivity index (χ1) is 13.7. The van der Waals surface area contributed by atoms with E-state index in [0.29, 0.717) is 12.5 Å². The molecule has 28 heavy (non-hydrogen) atoms. The Kier molecular flexibility index (Phi) is 4.99. The molecule has 150 valence electrons. The minimum absolute atomic E-state index is 0.0296. The lowest BCUT2D eigenvalue weighted by Gasteiger charge is -2.32. The smallest absolute Gasteiger partial charge is 0.309 e. The van der Waals surface area contributed by atoms with Gasteiger partial charge < -0.3 is 9.64 Å². The molecule has 0 unspecified atom stereocenters. The maximum absolute atomic E-state index is 12.1. The van der Waals surface area contributed by atoms with Gasteiger partial charge in [0.2, 0.25) is 0 Å². The predicted molar refractivity (Wildman–Crippen MR) is 112 cm³/mol. The molecule has 1 saturated heterocycles. The Morgan fingerprint density at radius 1 is 1.11 bits per heavy atom. The topological polar surface area (TPSA) is 55.3 Å². The number of carbonyl (C=O) groups excluding carboxylic acids is 1. The van der Waals surface area contributed by atoms with Gasteiger partial charge in [0.1, 0.15) is 16.5 Å². The summed E-state index contributed by atoms with van der Waals surface area (Å²) in [6, 6.07) is 0. The Labute approximate surface area is 170 Å². The number of aromatic nitrogens is 2. The number of esters is 1. The molecule has 3 aliphatic rings. The Morgan fingerprint density at radius 2 is 1.89 bits per heavy atom. The van der Waals surface area contributed by atoms with Crippen molar-refractivity contribution in [2.45, 2.75) is 70.6 Å². The highest BCUT2D eigenvalue weighted by molar-refractivity contribution is 7.19. The fourth-order valence-corrected chi connectivity index (χ4v) is 5.93. The molecule has 6 heteroatoms. The van der Waals surface area contributed by atoms with Crippen molar-refractivity contribution in [3.8, 4) is 0 Å². The van der Waals surface area contributed by atoms with E-state index < -0.39 is 0 Å². The summed E-state index contributed by atoms with van der Waals surface area (Å²) in [4.78, 5) is 27.4. The molecule has 1 aliphatic heterocycles. The summed E-state index contributed by atoms with van der Waals surface area (Å²) < 4.78 is 5.25. The molecule has 0 atom stereocenters. The van der Waals surface area contributed by atoms with Gasteiger partial charge >= 0.3 is 5.97 Å². The number of nitrogens with zero attached hydrogens (tertiary/aromatic N) is 3. The zero-order chi connectivity index (χ0) is 19.1. The second kappa shape index (κ2) is 7.62. The van der Waals surface area contributed by atoms with E-state index in [4.69, 9.17) is 14.7 Å². The standard InChI is InChI=1S/C22H29N3O2S/c1-2-27-22(26)15-10-12-25(13-11-15)20-18-16-6-4-3-5-7-17(16)28-21(18)24-19(23-20)14-8-9-14/h14-15H,2-13H2,1H3.